The van der Waals surface area contributed by atoms with Gasteiger partial charge in [-0.2, -0.15) is 13.2 Å². The molecule has 1 aromatic rings. The van der Waals surface area contributed by atoms with E-state index in [1.807, 2.05) is 4.90 Å². The molecule has 0 aromatic heterocycles. The van der Waals surface area contributed by atoms with Crippen LogP contribution in [0.1, 0.15) is 18.4 Å². The number of rotatable bonds is 2. The van der Waals surface area contributed by atoms with Gasteiger partial charge in [-0.05, 0) is 25.0 Å². The van der Waals surface area contributed by atoms with Crippen molar-refractivity contribution in [2.75, 3.05) is 18.0 Å². The number of benzene rings is 1. The second-order valence-electron chi connectivity index (χ2n) is 4.67. The molecule has 1 aliphatic rings. The van der Waals surface area contributed by atoms with E-state index in [0.29, 0.717) is 29.7 Å². The molecule has 0 spiro atoms. The van der Waals surface area contributed by atoms with Gasteiger partial charge in [0.05, 0.1) is 5.92 Å². The molecule has 1 nitrogen and oxygen atoms in total. The van der Waals surface area contributed by atoms with Crippen LogP contribution in [0.3, 0.4) is 0 Å². The first-order valence-corrected chi connectivity index (χ1v) is 7.20. The van der Waals surface area contributed by atoms with Crippen LogP contribution < -0.4 is 4.90 Å². The summed E-state index contributed by atoms with van der Waals surface area (Å²) in [5, 5.41) is 0.355. The average Bonchev–Trinajstić information content (AvgIpc) is 2.37. The molecule has 6 heteroatoms. The summed E-state index contributed by atoms with van der Waals surface area (Å²) in [4.78, 5) is 1.84. The van der Waals surface area contributed by atoms with Crippen molar-refractivity contribution in [3.05, 3.63) is 29.6 Å². The summed E-state index contributed by atoms with van der Waals surface area (Å²) in [6, 6.07) is 4.71. The zero-order valence-corrected chi connectivity index (χ0v) is 11.8. The second-order valence-corrected chi connectivity index (χ2v) is 5.23. The van der Waals surface area contributed by atoms with Gasteiger partial charge >= 0.3 is 6.18 Å². The summed E-state index contributed by atoms with van der Waals surface area (Å²) in [5.74, 6) is -1.56. The van der Waals surface area contributed by atoms with Crippen LogP contribution in [0.4, 0.5) is 23.2 Å². The summed E-state index contributed by atoms with van der Waals surface area (Å²) in [6.07, 6.45) is -3.98. The number of halogens is 5. The van der Waals surface area contributed by atoms with Gasteiger partial charge in [0, 0.05) is 29.7 Å². The van der Waals surface area contributed by atoms with E-state index in [0.717, 1.165) is 0 Å². The van der Waals surface area contributed by atoms with Gasteiger partial charge in [0.25, 0.3) is 0 Å². The molecule has 0 radical (unpaired) electrons. The number of piperidine rings is 1. The van der Waals surface area contributed by atoms with Crippen LogP contribution in [-0.2, 0) is 5.33 Å². The van der Waals surface area contributed by atoms with Gasteiger partial charge in [-0.25, -0.2) is 4.39 Å². The second kappa shape index (κ2) is 5.69. The van der Waals surface area contributed by atoms with E-state index in [9.17, 15) is 17.6 Å². The zero-order chi connectivity index (χ0) is 14.0. The Bertz CT molecular complexity index is 439. The number of nitrogens with zero attached hydrogens (tertiary/aromatic N) is 1. The minimum absolute atomic E-state index is 0.0712. The predicted molar refractivity (Wildman–Crippen MR) is 70.0 cm³/mol. The summed E-state index contributed by atoms with van der Waals surface area (Å²) in [7, 11) is 0. The topological polar surface area (TPSA) is 3.24 Å². The number of alkyl halides is 4. The van der Waals surface area contributed by atoms with E-state index in [-0.39, 0.29) is 18.7 Å². The quantitative estimate of drug-likeness (QED) is 0.566. The van der Waals surface area contributed by atoms with Crippen molar-refractivity contribution in [2.45, 2.75) is 24.3 Å². The third kappa shape index (κ3) is 3.22. The maximum Gasteiger partial charge on any atom is 0.391 e. The van der Waals surface area contributed by atoms with E-state index in [2.05, 4.69) is 15.9 Å². The predicted octanol–water partition coefficient (Wildman–Crippen LogP) is 4.50. The molecule has 0 aliphatic carbocycles. The standard InChI is InChI=1S/C13H14BrF4N/c14-8-10-11(15)2-1-3-12(10)19-6-4-9(5-7-19)13(16,17)18/h1-3,9H,4-8H2. The Hall–Kier alpha value is -0.780. The van der Waals surface area contributed by atoms with Gasteiger partial charge in [0.1, 0.15) is 5.82 Å². The molecule has 1 aromatic carbocycles. The molecular formula is C13H14BrF4N. The van der Waals surface area contributed by atoms with Gasteiger partial charge in [0.15, 0.2) is 0 Å². The fourth-order valence-electron chi connectivity index (χ4n) is 2.42. The molecule has 0 saturated carbocycles. The van der Waals surface area contributed by atoms with Crippen LogP contribution >= 0.6 is 15.9 Å². The Morgan fingerprint density at radius 3 is 2.37 bits per heavy atom. The highest BCUT2D eigenvalue weighted by Crippen LogP contribution is 2.36. The molecule has 0 unspecified atom stereocenters. The molecule has 0 bridgehead atoms. The molecule has 0 N–H and O–H groups in total. The first-order valence-electron chi connectivity index (χ1n) is 6.08. The SMILES string of the molecule is Fc1cccc(N2CCC(C(F)(F)F)CC2)c1CBr. The van der Waals surface area contributed by atoms with Gasteiger partial charge in [0.2, 0.25) is 0 Å². The molecule has 1 saturated heterocycles. The van der Waals surface area contributed by atoms with Crippen molar-refractivity contribution in [2.24, 2.45) is 5.92 Å². The highest BCUT2D eigenvalue weighted by Gasteiger charge is 2.41. The van der Waals surface area contributed by atoms with Crippen molar-refractivity contribution in [1.82, 2.24) is 0 Å². The Balaban J connectivity index is 2.12. The van der Waals surface area contributed by atoms with Crippen LogP contribution in [0.5, 0.6) is 0 Å². The van der Waals surface area contributed by atoms with Crippen LogP contribution in [0.2, 0.25) is 0 Å². The maximum absolute atomic E-state index is 13.6. The lowest BCUT2D eigenvalue weighted by atomic mass is 9.95. The number of hydrogen-bond acceptors (Lipinski definition) is 1. The van der Waals surface area contributed by atoms with Gasteiger partial charge in [-0.1, -0.05) is 22.0 Å². The third-order valence-corrected chi connectivity index (χ3v) is 4.09. The van der Waals surface area contributed by atoms with E-state index in [4.69, 9.17) is 0 Å². The minimum atomic E-state index is -4.12. The Morgan fingerprint density at radius 2 is 1.84 bits per heavy atom. The van der Waals surface area contributed by atoms with Crippen molar-refractivity contribution >= 4 is 21.6 Å². The van der Waals surface area contributed by atoms with E-state index in [1.54, 1.807) is 12.1 Å². The third-order valence-electron chi connectivity index (χ3n) is 3.53. The molecule has 1 fully saturated rings. The van der Waals surface area contributed by atoms with Crippen molar-refractivity contribution in [3.63, 3.8) is 0 Å². The molecule has 2 rings (SSSR count). The lowest BCUT2D eigenvalue weighted by molar-refractivity contribution is -0.179. The maximum atomic E-state index is 13.6. The van der Waals surface area contributed by atoms with Crippen molar-refractivity contribution < 1.29 is 17.6 Å². The normalized spacial score (nSPS) is 17.8. The number of hydrogen-bond donors (Lipinski definition) is 0. The van der Waals surface area contributed by atoms with Gasteiger partial charge < -0.3 is 4.90 Å². The smallest absolute Gasteiger partial charge is 0.371 e. The largest absolute Gasteiger partial charge is 0.391 e. The fourth-order valence-corrected chi connectivity index (χ4v) is 2.98. The first-order chi connectivity index (χ1) is 8.93. The number of anilines is 1. The summed E-state index contributed by atoms with van der Waals surface area (Å²) >= 11 is 3.22. The Kier molecular flexibility index (Phi) is 4.38. The molecule has 1 aliphatic heterocycles. The average molecular weight is 340 g/mol. The molecule has 19 heavy (non-hydrogen) atoms. The van der Waals surface area contributed by atoms with Crippen LogP contribution in [-0.4, -0.2) is 19.3 Å². The Labute approximate surface area is 117 Å². The van der Waals surface area contributed by atoms with Gasteiger partial charge in [-0.3, -0.25) is 0 Å². The van der Waals surface area contributed by atoms with E-state index >= 15 is 0 Å². The van der Waals surface area contributed by atoms with Crippen LogP contribution in [0.25, 0.3) is 0 Å². The lowest BCUT2D eigenvalue weighted by Gasteiger charge is -2.35. The highest BCUT2D eigenvalue weighted by atomic mass is 79.9. The van der Waals surface area contributed by atoms with Crippen molar-refractivity contribution in [3.8, 4) is 0 Å². The lowest BCUT2D eigenvalue weighted by Crippen LogP contribution is -2.39. The summed E-state index contributed by atoms with van der Waals surface area (Å²) in [5.41, 5.74) is 1.20. The first kappa shape index (κ1) is 14.6. The monoisotopic (exact) mass is 339 g/mol. The van der Waals surface area contributed by atoms with Crippen LogP contribution in [0.15, 0.2) is 18.2 Å². The highest BCUT2D eigenvalue weighted by molar-refractivity contribution is 9.08. The molecule has 0 amide bonds. The Morgan fingerprint density at radius 1 is 1.21 bits per heavy atom. The summed E-state index contributed by atoms with van der Waals surface area (Å²) in [6.45, 7) is 0.626. The van der Waals surface area contributed by atoms with E-state index in [1.165, 1.54) is 6.07 Å². The van der Waals surface area contributed by atoms with Crippen molar-refractivity contribution in [1.29, 1.82) is 0 Å². The molecule has 106 valence electrons. The molecule has 1 heterocycles. The fraction of sp³-hybridized carbons (Fsp3) is 0.538. The van der Waals surface area contributed by atoms with Crippen LogP contribution in [0, 0.1) is 11.7 Å². The van der Waals surface area contributed by atoms with Gasteiger partial charge in [-0.15, -0.1) is 0 Å². The summed E-state index contributed by atoms with van der Waals surface area (Å²) < 4.78 is 51.4. The van der Waals surface area contributed by atoms with E-state index < -0.39 is 12.1 Å². The molecular weight excluding hydrogens is 326 g/mol. The molecule has 0 atom stereocenters. The zero-order valence-electron chi connectivity index (χ0n) is 10.2. The minimum Gasteiger partial charge on any atom is -0.371 e.